The van der Waals surface area contributed by atoms with Gasteiger partial charge in [0.25, 0.3) is 5.91 Å². The number of ether oxygens (including phenoxy) is 1. The summed E-state index contributed by atoms with van der Waals surface area (Å²) < 4.78 is 10.2. The molecule has 1 amide bonds. The van der Waals surface area contributed by atoms with Gasteiger partial charge in [0.05, 0.1) is 13.2 Å². The molecule has 0 radical (unpaired) electrons. The van der Waals surface area contributed by atoms with Crippen LogP contribution in [0.1, 0.15) is 10.6 Å². The van der Waals surface area contributed by atoms with Crippen LogP contribution in [-0.4, -0.2) is 50.2 Å². The average Bonchev–Trinajstić information content (AvgIpc) is 2.77. The normalized spacial score (nSPS) is 17.0. The molecule has 1 saturated heterocycles. The quantitative estimate of drug-likeness (QED) is 0.875. The second kappa shape index (κ2) is 6.05. The van der Waals surface area contributed by atoms with Gasteiger partial charge in [0.1, 0.15) is 0 Å². The van der Waals surface area contributed by atoms with Gasteiger partial charge in [-0.3, -0.25) is 9.69 Å². The monoisotopic (exact) mass is 258 g/mol. The second-order valence-electron chi connectivity index (χ2n) is 3.81. The molecule has 1 aromatic heterocycles. The zero-order valence-corrected chi connectivity index (χ0v) is 10.2. The summed E-state index contributed by atoms with van der Waals surface area (Å²) in [5.41, 5.74) is 0. The summed E-state index contributed by atoms with van der Waals surface area (Å²) in [4.78, 5) is 13.8. The molecule has 6 heteroatoms. The van der Waals surface area contributed by atoms with Crippen molar-refractivity contribution in [3.8, 4) is 0 Å². The first-order chi connectivity index (χ1) is 8.25. The molecule has 1 aromatic rings. The standard InChI is InChI=1S/C11H15ClN2O3/c12-10-2-1-9(17-10)11(15)13-3-4-14-5-7-16-8-6-14/h1-2H,3-8H2,(H,13,15). The lowest BCUT2D eigenvalue weighted by atomic mass is 10.4. The Hall–Kier alpha value is -1.04. The van der Waals surface area contributed by atoms with E-state index in [-0.39, 0.29) is 16.9 Å². The topological polar surface area (TPSA) is 54.7 Å². The molecule has 5 nitrogen and oxygen atoms in total. The zero-order chi connectivity index (χ0) is 12.1. The molecule has 0 bridgehead atoms. The van der Waals surface area contributed by atoms with Gasteiger partial charge in [-0.25, -0.2) is 0 Å². The Balaban J connectivity index is 1.69. The highest BCUT2D eigenvalue weighted by Crippen LogP contribution is 2.12. The minimum absolute atomic E-state index is 0.225. The van der Waals surface area contributed by atoms with Crippen molar-refractivity contribution in [2.75, 3.05) is 39.4 Å². The van der Waals surface area contributed by atoms with Gasteiger partial charge in [0.2, 0.25) is 0 Å². The summed E-state index contributed by atoms with van der Waals surface area (Å²) >= 11 is 5.59. The van der Waals surface area contributed by atoms with E-state index in [1.54, 1.807) is 12.1 Å². The molecule has 0 saturated carbocycles. The van der Waals surface area contributed by atoms with Crippen molar-refractivity contribution < 1.29 is 13.9 Å². The lowest BCUT2D eigenvalue weighted by Gasteiger charge is -2.26. The predicted octanol–water partition coefficient (Wildman–Crippen LogP) is 0.995. The van der Waals surface area contributed by atoms with Crippen LogP contribution in [-0.2, 0) is 4.74 Å². The molecular weight excluding hydrogens is 244 g/mol. The first-order valence-corrected chi connectivity index (χ1v) is 5.97. The minimum Gasteiger partial charge on any atom is -0.440 e. The van der Waals surface area contributed by atoms with Gasteiger partial charge in [-0.1, -0.05) is 0 Å². The molecule has 1 aliphatic heterocycles. The smallest absolute Gasteiger partial charge is 0.287 e. The summed E-state index contributed by atoms with van der Waals surface area (Å²) in [7, 11) is 0. The van der Waals surface area contributed by atoms with Crippen molar-refractivity contribution in [3.63, 3.8) is 0 Å². The molecule has 0 unspecified atom stereocenters. The Bertz CT molecular complexity index is 375. The maximum Gasteiger partial charge on any atom is 0.287 e. The van der Waals surface area contributed by atoms with Gasteiger partial charge in [-0.05, 0) is 23.7 Å². The highest BCUT2D eigenvalue weighted by Gasteiger charge is 2.12. The first kappa shape index (κ1) is 12.4. The molecule has 94 valence electrons. The van der Waals surface area contributed by atoms with Gasteiger partial charge < -0.3 is 14.5 Å². The van der Waals surface area contributed by atoms with Crippen LogP contribution in [0.5, 0.6) is 0 Å². The minimum atomic E-state index is -0.231. The molecule has 1 aliphatic rings. The van der Waals surface area contributed by atoms with Crippen LogP contribution in [0.2, 0.25) is 5.22 Å². The van der Waals surface area contributed by atoms with Gasteiger partial charge in [-0.2, -0.15) is 0 Å². The number of furan rings is 1. The van der Waals surface area contributed by atoms with E-state index in [0.717, 1.165) is 32.8 Å². The molecule has 0 aromatic carbocycles. The maximum atomic E-state index is 11.6. The van der Waals surface area contributed by atoms with Crippen LogP contribution in [0.25, 0.3) is 0 Å². The van der Waals surface area contributed by atoms with E-state index in [1.807, 2.05) is 0 Å². The lowest BCUT2D eigenvalue weighted by molar-refractivity contribution is 0.0382. The summed E-state index contributed by atoms with van der Waals surface area (Å²) in [5, 5.41) is 3.01. The Kier molecular flexibility index (Phi) is 4.42. The number of carbonyl (C=O) groups is 1. The average molecular weight is 259 g/mol. The van der Waals surface area contributed by atoms with Crippen LogP contribution >= 0.6 is 11.6 Å². The molecule has 0 atom stereocenters. The fraction of sp³-hybridized carbons (Fsp3) is 0.545. The van der Waals surface area contributed by atoms with E-state index in [4.69, 9.17) is 20.8 Å². The van der Waals surface area contributed by atoms with Crippen LogP contribution in [0, 0.1) is 0 Å². The first-order valence-electron chi connectivity index (χ1n) is 5.59. The third-order valence-electron chi connectivity index (χ3n) is 2.61. The van der Waals surface area contributed by atoms with Gasteiger partial charge >= 0.3 is 0 Å². The van der Waals surface area contributed by atoms with Crippen LogP contribution in [0.4, 0.5) is 0 Å². The highest BCUT2D eigenvalue weighted by molar-refractivity contribution is 6.29. The Labute approximate surface area is 105 Å². The van der Waals surface area contributed by atoms with E-state index in [1.165, 1.54) is 0 Å². The molecule has 2 heterocycles. The van der Waals surface area contributed by atoms with Crippen molar-refractivity contribution in [3.05, 3.63) is 23.1 Å². The molecule has 1 N–H and O–H groups in total. The molecule has 1 fully saturated rings. The molecule has 17 heavy (non-hydrogen) atoms. The largest absolute Gasteiger partial charge is 0.440 e. The predicted molar refractivity (Wildman–Crippen MR) is 63.3 cm³/mol. The number of halogens is 1. The zero-order valence-electron chi connectivity index (χ0n) is 9.45. The maximum absolute atomic E-state index is 11.6. The van der Waals surface area contributed by atoms with Gasteiger partial charge in [0, 0.05) is 26.2 Å². The number of hydrogen-bond donors (Lipinski definition) is 1. The summed E-state index contributed by atoms with van der Waals surface area (Å²) in [6.45, 7) is 4.79. The van der Waals surface area contributed by atoms with Crippen molar-refractivity contribution in [2.24, 2.45) is 0 Å². The Morgan fingerprint density at radius 3 is 2.82 bits per heavy atom. The van der Waals surface area contributed by atoms with Crippen molar-refractivity contribution in [1.82, 2.24) is 10.2 Å². The number of nitrogens with zero attached hydrogens (tertiary/aromatic N) is 1. The summed E-state index contributed by atoms with van der Waals surface area (Å²) in [6.07, 6.45) is 0. The van der Waals surface area contributed by atoms with E-state index in [0.29, 0.717) is 6.54 Å². The summed E-state index contributed by atoms with van der Waals surface area (Å²) in [5.74, 6) is 0.0159. The van der Waals surface area contributed by atoms with Gasteiger partial charge in [0.15, 0.2) is 11.0 Å². The van der Waals surface area contributed by atoms with E-state index in [2.05, 4.69) is 10.2 Å². The number of carbonyl (C=O) groups excluding carboxylic acids is 1. The van der Waals surface area contributed by atoms with Crippen LogP contribution < -0.4 is 5.32 Å². The third kappa shape index (κ3) is 3.73. The van der Waals surface area contributed by atoms with E-state index < -0.39 is 0 Å². The molecular formula is C11H15ClN2O3. The SMILES string of the molecule is O=C(NCCN1CCOCC1)c1ccc(Cl)o1. The number of hydrogen-bond acceptors (Lipinski definition) is 4. The molecule has 2 rings (SSSR count). The van der Waals surface area contributed by atoms with E-state index in [9.17, 15) is 4.79 Å². The van der Waals surface area contributed by atoms with Crippen LogP contribution in [0.3, 0.4) is 0 Å². The van der Waals surface area contributed by atoms with Gasteiger partial charge in [-0.15, -0.1) is 0 Å². The fourth-order valence-corrected chi connectivity index (χ4v) is 1.82. The second-order valence-corrected chi connectivity index (χ2v) is 4.19. The lowest BCUT2D eigenvalue weighted by Crippen LogP contribution is -2.41. The number of rotatable bonds is 4. The summed E-state index contributed by atoms with van der Waals surface area (Å²) in [6, 6.07) is 3.12. The van der Waals surface area contributed by atoms with Crippen LogP contribution in [0.15, 0.2) is 16.5 Å². The Morgan fingerprint density at radius 2 is 2.18 bits per heavy atom. The fourth-order valence-electron chi connectivity index (χ4n) is 1.68. The number of morpholine rings is 1. The Morgan fingerprint density at radius 1 is 1.41 bits per heavy atom. The van der Waals surface area contributed by atoms with Crippen molar-refractivity contribution in [2.45, 2.75) is 0 Å². The number of nitrogens with one attached hydrogen (secondary N) is 1. The third-order valence-corrected chi connectivity index (χ3v) is 2.82. The van der Waals surface area contributed by atoms with E-state index >= 15 is 0 Å². The molecule has 0 aliphatic carbocycles. The molecule has 0 spiro atoms. The van der Waals surface area contributed by atoms with Crippen molar-refractivity contribution >= 4 is 17.5 Å². The highest BCUT2D eigenvalue weighted by atomic mass is 35.5. The van der Waals surface area contributed by atoms with Crippen molar-refractivity contribution in [1.29, 1.82) is 0 Å². The number of amides is 1.